The lowest BCUT2D eigenvalue weighted by molar-refractivity contribution is -0.127. The molecule has 0 radical (unpaired) electrons. The molecule has 6 heteroatoms. The molecule has 3 rings (SSSR count). The molecule has 2 aliphatic rings. The summed E-state index contributed by atoms with van der Waals surface area (Å²) in [4.78, 5) is 13.1. The van der Waals surface area contributed by atoms with Crippen molar-refractivity contribution in [2.24, 2.45) is 5.92 Å². The highest BCUT2D eigenvalue weighted by Crippen LogP contribution is 2.23. The van der Waals surface area contributed by atoms with E-state index in [-0.39, 0.29) is 17.6 Å². The first-order valence-corrected chi connectivity index (χ1v) is 9.97. The SMILES string of the molecule is O=C(NC1CCCCC1)C1CCCN(S(=O)c2ccc(F)cc2)C1. The zero-order valence-corrected chi connectivity index (χ0v) is 14.7. The van der Waals surface area contributed by atoms with E-state index in [0.29, 0.717) is 24.0 Å². The highest BCUT2D eigenvalue weighted by molar-refractivity contribution is 7.82. The highest BCUT2D eigenvalue weighted by Gasteiger charge is 2.30. The van der Waals surface area contributed by atoms with E-state index in [0.717, 1.165) is 25.7 Å². The summed E-state index contributed by atoms with van der Waals surface area (Å²) in [6.45, 7) is 1.21. The number of nitrogens with zero attached hydrogens (tertiary/aromatic N) is 1. The van der Waals surface area contributed by atoms with Crippen LogP contribution >= 0.6 is 0 Å². The monoisotopic (exact) mass is 352 g/mol. The molecule has 0 aromatic heterocycles. The maximum Gasteiger partial charge on any atom is 0.224 e. The van der Waals surface area contributed by atoms with Gasteiger partial charge in [-0.3, -0.25) is 4.79 Å². The van der Waals surface area contributed by atoms with Crippen molar-refractivity contribution in [3.05, 3.63) is 30.1 Å². The van der Waals surface area contributed by atoms with Gasteiger partial charge < -0.3 is 5.32 Å². The molecule has 24 heavy (non-hydrogen) atoms. The molecule has 1 aliphatic carbocycles. The van der Waals surface area contributed by atoms with Gasteiger partial charge in [-0.2, -0.15) is 0 Å². The van der Waals surface area contributed by atoms with Crippen LogP contribution in [-0.2, 0) is 15.8 Å². The largest absolute Gasteiger partial charge is 0.353 e. The first-order chi connectivity index (χ1) is 11.6. The minimum atomic E-state index is -1.34. The number of rotatable bonds is 4. The van der Waals surface area contributed by atoms with E-state index in [2.05, 4.69) is 5.32 Å². The van der Waals surface area contributed by atoms with Gasteiger partial charge in [0.1, 0.15) is 16.8 Å². The van der Waals surface area contributed by atoms with Crippen molar-refractivity contribution in [1.82, 2.24) is 9.62 Å². The number of carbonyl (C=O) groups excluding carboxylic acids is 1. The van der Waals surface area contributed by atoms with Crippen LogP contribution in [0, 0.1) is 11.7 Å². The molecular weight excluding hydrogens is 327 g/mol. The molecule has 1 heterocycles. The standard InChI is InChI=1S/C18H25FN2O2S/c19-15-8-10-17(11-9-15)24(23)21-12-4-5-14(13-21)18(22)20-16-6-2-1-3-7-16/h8-11,14,16H,1-7,12-13H2,(H,20,22). The van der Waals surface area contributed by atoms with E-state index in [1.807, 2.05) is 4.31 Å². The summed E-state index contributed by atoms with van der Waals surface area (Å²) in [6.07, 6.45) is 7.49. The Balaban J connectivity index is 1.58. The van der Waals surface area contributed by atoms with E-state index in [4.69, 9.17) is 0 Å². The average Bonchev–Trinajstić information content (AvgIpc) is 2.63. The zero-order chi connectivity index (χ0) is 16.9. The summed E-state index contributed by atoms with van der Waals surface area (Å²) < 4.78 is 27.5. The summed E-state index contributed by atoms with van der Waals surface area (Å²) in [5.41, 5.74) is 0. The van der Waals surface area contributed by atoms with Gasteiger partial charge >= 0.3 is 0 Å². The fourth-order valence-electron chi connectivity index (χ4n) is 3.57. The quantitative estimate of drug-likeness (QED) is 0.906. The number of carbonyl (C=O) groups is 1. The highest BCUT2D eigenvalue weighted by atomic mass is 32.2. The maximum absolute atomic E-state index is 13.0. The number of nitrogens with one attached hydrogen (secondary N) is 1. The van der Waals surface area contributed by atoms with Gasteiger partial charge in [-0.25, -0.2) is 12.9 Å². The minimum Gasteiger partial charge on any atom is -0.353 e. The fraction of sp³-hybridized carbons (Fsp3) is 0.611. The summed E-state index contributed by atoms with van der Waals surface area (Å²) in [6, 6.07) is 6.06. The van der Waals surface area contributed by atoms with Gasteiger partial charge in [-0.1, -0.05) is 19.3 Å². The number of benzene rings is 1. The van der Waals surface area contributed by atoms with E-state index in [1.54, 1.807) is 12.1 Å². The Morgan fingerprint density at radius 2 is 1.79 bits per heavy atom. The third-order valence-corrected chi connectivity index (χ3v) is 6.43. The second kappa shape index (κ2) is 8.21. The number of amides is 1. The molecular formula is C18H25FN2O2S. The Kier molecular flexibility index (Phi) is 6.00. The van der Waals surface area contributed by atoms with Gasteiger partial charge in [-0.05, 0) is 49.9 Å². The van der Waals surface area contributed by atoms with Crippen molar-refractivity contribution >= 4 is 16.9 Å². The van der Waals surface area contributed by atoms with Crippen LogP contribution in [-0.4, -0.2) is 33.6 Å². The maximum atomic E-state index is 13.0. The average molecular weight is 352 g/mol. The topological polar surface area (TPSA) is 49.4 Å². The summed E-state index contributed by atoms with van der Waals surface area (Å²) in [5.74, 6) is -0.341. The minimum absolute atomic E-state index is 0.0997. The molecule has 0 bridgehead atoms. The fourth-order valence-corrected chi connectivity index (χ4v) is 4.85. The van der Waals surface area contributed by atoms with Crippen LogP contribution in [0.25, 0.3) is 0 Å². The molecule has 1 saturated carbocycles. The Morgan fingerprint density at radius 3 is 2.50 bits per heavy atom. The van der Waals surface area contributed by atoms with Crippen molar-refractivity contribution in [3.63, 3.8) is 0 Å². The molecule has 1 aromatic rings. The lowest BCUT2D eigenvalue weighted by Crippen LogP contribution is -2.46. The molecule has 1 aliphatic heterocycles. The van der Waals surface area contributed by atoms with E-state index in [9.17, 15) is 13.4 Å². The lowest BCUT2D eigenvalue weighted by Gasteiger charge is -2.32. The van der Waals surface area contributed by atoms with Gasteiger partial charge in [-0.15, -0.1) is 0 Å². The Bertz CT molecular complexity index is 587. The molecule has 2 atom stereocenters. The Hall–Kier alpha value is -1.27. The van der Waals surface area contributed by atoms with Crippen LogP contribution < -0.4 is 5.32 Å². The van der Waals surface area contributed by atoms with E-state index in [1.165, 1.54) is 31.4 Å². The van der Waals surface area contributed by atoms with Crippen molar-refractivity contribution in [2.75, 3.05) is 13.1 Å². The first-order valence-electron chi connectivity index (χ1n) is 8.86. The number of hydrogen-bond donors (Lipinski definition) is 1. The summed E-state index contributed by atoms with van der Waals surface area (Å²) in [5, 5.41) is 3.18. The lowest BCUT2D eigenvalue weighted by atomic mass is 9.93. The summed E-state index contributed by atoms with van der Waals surface area (Å²) >= 11 is 0. The molecule has 2 fully saturated rings. The number of halogens is 1. The third kappa shape index (κ3) is 4.42. The summed E-state index contributed by atoms with van der Waals surface area (Å²) in [7, 11) is -1.34. The molecule has 132 valence electrons. The molecule has 1 saturated heterocycles. The van der Waals surface area contributed by atoms with Crippen molar-refractivity contribution in [1.29, 1.82) is 0 Å². The molecule has 1 N–H and O–H groups in total. The molecule has 2 unspecified atom stereocenters. The number of hydrogen-bond acceptors (Lipinski definition) is 2. The normalized spacial score (nSPS) is 24.5. The molecule has 1 aromatic carbocycles. The van der Waals surface area contributed by atoms with Gasteiger partial charge in [0, 0.05) is 19.1 Å². The van der Waals surface area contributed by atoms with Gasteiger partial charge in [0.2, 0.25) is 5.91 Å². The molecule has 1 amide bonds. The van der Waals surface area contributed by atoms with E-state index >= 15 is 0 Å². The van der Waals surface area contributed by atoms with Crippen molar-refractivity contribution in [3.8, 4) is 0 Å². The molecule has 4 nitrogen and oxygen atoms in total. The van der Waals surface area contributed by atoms with Gasteiger partial charge in [0.25, 0.3) is 0 Å². The van der Waals surface area contributed by atoms with Crippen LogP contribution in [0.3, 0.4) is 0 Å². The van der Waals surface area contributed by atoms with Gasteiger partial charge in [0.05, 0.1) is 10.8 Å². The third-order valence-electron chi connectivity index (χ3n) is 4.96. The van der Waals surface area contributed by atoms with Crippen molar-refractivity contribution < 1.29 is 13.4 Å². The second-order valence-electron chi connectivity index (χ2n) is 6.77. The van der Waals surface area contributed by atoms with Crippen LogP contribution in [0.2, 0.25) is 0 Å². The zero-order valence-electron chi connectivity index (χ0n) is 13.9. The van der Waals surface area contributed by atoms with Gasteiger partial charge in [0.15, 0.2) is 0 Å². The second-order valence-corrected chi connectivity index (χ2v) is 8.26. The first kappa shape index (κ1) is 17.5. The van der Waals surface area contributed by atoms with Crippen LogP contribution in [0.1, 0.15) is 44.9 Å². The number of piperidine rings is 1. The Labute approximate surface area is 145 Å². The predicted octanol–water partition coefficient (Wildman–Crippen LogP) is 3.01. The van der Waals surface area contributed by atoms with Crippen LogP contribution in [0.5, 0.6) is 0 Å². The molecule has 0 spiro atoms. The van der Waals surface area contributed by atoms with Crippen LogP contribution in [0.15, 0.2) is 29.2 Å². The van der Waals surface area contributed by atoms with Crippen molar-refractivity contribution in [2.45, 2.75) is 55.9 Å². The van der Waals surface area contributed by atoms with E-state index < -0.39 is 11.0 Å². The predicted molar refractivity (Wildman–Crippen MR) is 92.1 cm³/mol. The van der Waals surface area contributed by atoms with Crippen LogP contribution in [0.4, 0.5) is 4.39 Å². The smallest absolute Gasteiger partial charge is 0.224 e. The Morgan fingerprint density at radius 1 is 1.08 bits per heavy atom.